The first-order valence-corrected chi connectivity index (χ1v) is 8.15. The van der Waals surface area contributed by atoms with Crippen LogP contribution in [0.5, 0.6) is 5.75 Å². The molecule has 0 spiro atoms. The van der Waals surface area contributed by atoms with Crippen LogP contribution in [0.1, 0.15) is 18.9 Å². The fraction of sp³-hybridized carbons (Fsp3) is 0.263. The quantitative estimate of drug-likeness (QED) is 0.674. The van der Waals surface area contributed by atoms with Crippen molar-refractivity contribution in [2.75, 3.05) is 23.8 Å². The molecule has 0 aliphatic heterocycles. The number of carbonyl (C=O) groups excluding carboxylic acids is 2. The molecule has 25 heavy (non-hydrogen) atoms. The van der Waals surface area contributed by atoms with Crippen molar-refractivity contribution in [3.05, 3.63) is 54.1 Å². The number of rotatable bonds is 7. The molecule has 0 aromatic heterocycles. The summed E-state index contributed by atoms with van der Waals surface area (Å²) in [6.07, 6.45) is 0.711. The molecule has 0 saturated heterocycles. The Labute approximate surface area is 147 Å². The number of anilines is 2. The monoisotopic (exact) mass is 341 g/mol. The van der Waals surface area contributed by atoms with Crippen LogP contribution in [-0.4, -0.2) is 25.1 Å². The number of nitrogens with one attached hydrogen (secondary N) is 3. The average molecular weight is 341 g/mol. The van der Waals surface area contributed by atoms with Crippen LogP contribution in [0.25, 0.3) is 0 Å². The van der Waals surface area contributed by atoms with E-state index in [-0.39, 0.29) is 11.9 Å². The lowest BCUT2D eigenvalue weighted by molar-refractivity contribution is -0.114. The summed E-state index contributed by atoms with van der Waals surface area (Å²) >= 11 is 0. The highest BCUT2D eigenvalue weighted by molar-refractivity contribution is 5.91. The van der Waals surface area contributed by atoms with Crippen molar-refractivity contribution in [2.24, 2.45) is 0 Å². The second-order valence-corrected chi connectivity index (χ2v) is 5.65. The van der Waals surface area contributed by atoms with Gasteiger partial charge in [-0.1, -0.05) is 17.7 Å². The second kappa shape index (κ2) is 9.32. The number of hydrogen-bond donors (Lipinski definition) is 3. The van der Waals surface area contributed by atoms with Crippen molar-refractivity contribution in [2.45, 2.75) is 20.3 Å². The van der Waals surface area contributed by atoms with Gasteiger partial charge in [-0.05, 0) is 49.7 Å². The van der Waals surface area contributed by atoms with Gasteiger partial charge in [0.25, 0.3) is 0 Å². The normalized spacial score (nSPS) is 10.0. The summed E-state index contributed by atoms with van der Waals surface area (Å²) in [5.74, 6) is 0.695. The molecule has 0 unspecified atom stereocenters. The molecule has 0 saturated carbocycles. The van der Waals surface area contributed by atoms with Crippen molar-refractivity contribution in [1.82, 2.24) is 5.32 Å². The van der Waals surface area contributed by atoms with Crippen LogP contribution < -0.4 is 20.7 Å². The smallest absolute Gasteiger partial charge is 0.319 e. The Kier molecular flexibility index (Phi) is 6.83. The van der Waals surface area contributed by atoms with Crippen molar-refractivity contribution < 1.29 is 14.3 Å². The summed E-state index contributed by atoms with van der Waals surface area (Å²) in [4.78, 5) is 22.8. The molecule has 0 radical (unpaired) electrons. The Bertz CT molecular complexity index is 697. The molecular weight excluding hydrogens is 318 g/mol. The molecule has 6 heteroatoms. The van der Waals surface area contributed by atoms with Gasteiger partial charge in [-0.3, -0.25) is 4.79 Å². The minimum Gasteiger partial charge on any atom is -0.494 e. The molecule has 0 atom stereocenters. The first-order valence-electron chi connectivity index (χ1n) is 8.15. The molecular formula is C19H23N3O3. The highest BCUT2D eigenvalue weighted by Gasteiger charge is 2.02. The van der Waals surface area contributed by atoms with Crippen LogP contribution in [0.15, 0.2) is 48.5 Å². The minimum absolute atomic E-state index is 0.133. The van der Waals surface area contributed by atoms with Crippen LogP contribution in [0.2, 0.25) is 0 Å². The zero-order valence-electron chi connectivity index (χ0n) is 14.5. The van der Waals surface area contributed by atoms with Gasteiger partial charge in [0.2, 0.25) is 5.91 Å². The Morgan fingerprint density at radius 1 is 0.920 bits per heavy atom. The number of benzene rings is 2. The van der Waals surface area contributed by atoms with E-state index < -0.39 is 0 Å². The second-order valence-electron chi connectivity index (χ2n) is 5.65. The van der Waals surface area contributed by atoms with Gasteiger partial charge in [0.15, 0.2) is 0 Å². The number of carbonyl (C=O) groups is 2. The van der Waals surface area contributed by atoms with E-state index in [1.54, 1.807) is 24.3 Å². The van der Waals surface area contributed by atoms with Crippen LogP contribution >= 0.6 is 0 Å². The molecule has 6 nitrogen and oxygen atoms in total. The summed E-state index contributed by atoms with van der Waals surface area (Å²) in [6, 6.07) is 14.5. The van der Waals surface area contributed by atoms with E-state index in [1.807, 2.05) is 31.2 Å². The number of amides is 3. The molecule has 0 bridgehead atoms. The highest BCUT2D eigenvalue weighted by Crippen LogP contribution is 2.13. The van der Waals surface area contributed by atoms with E-state index >= 15 is 0 Å². The predicted octanol–water partition coefficient (Wildman–Crippen LogP) is 3.54. The highest BCUT2D eigenvalue weighted by atomic mass is 16.5. The van der Waals surface area contributed by atoms with Gasteiger partial charge in [0, 0.05) is 24.8 Å². The van der Waals surface area contributed by atoms with Gasteiger partial charge in [-0.25, -0.2) is 4.79 Å². The molecule has 132 valence electrons. The van der Waals surface area contributed by atoms with Gasteiger partial charge in [0.1, 0.15) is 5.75 Å². The van der Waals surface area contributed by atoms with Gasteiger partial charge in [-0.2, -0.15) is 0 Å². The lowest BCUT2D eigenvalue weighted by atomic mass is 10.2. The molecule has 2 aromatic carbocycles. The van der Waals surface area contributed by atoms with E-state index in [1.165, 1.54) is 12.5 Å². The van der Waals surface area contributed by atoms with Crippen LogP contribution in [0, 0.1) is 6.92 Å². The minimum atomic E-state index is -0.275. The molecule has 0 aliphatic carbocycles. The fourth-order valence-corrected chi connectivity index (χ4v) is 2.11. The maximum Gasteiger partial charge on any atom is 0.319 e. The maximum atomic E-state index is 11.8. The van der Waals surface area contributed by atoms with Crippen molar-refractivity contribution in [3.63, 3.8) is 0 Å². The summed E-state index contributed by atoms with van der Waals surface area (Å²) < 4.78 is 5.60. The SMILES string of the molecule is CC(=O)Nc1ccc(NC(=O)NCCCOc2ccc(C)cc2)cc1. The Morgan fingerprint density at radius 3 is 2.12 bits per heavy atom. The van der Waals surface area contributed by atoms with Crippen LogP contribution in [0.4, 0.5) is 16.2 Å². The maximum absolute atomic E-state index is 11.8. The number of aryl methyl sites for hydroxylation is 1. The third-order valence-electron chi connectivity index (χ3n) is 3.36. The topological polar surface area (TPSA) is 79.5 Å². The molecule has 2 aromatic rings. The first kappa shape index (κ1) is 18.3. The zero-order chi connectivity index (χ0) is 18.1. The van der Waals surface area contributed by atoms with Crippen molar-refractivity contribution in [3.8, 4) is 5.75 Å². The summed E-state index contributed by atoms with van der Waals surface area (Å²) in [5.41, 5.74) is 2.53. The van der Waals surface area contributed by atoms with Gasteiger partial charge >= 0.3 is 6.03 Å². The molecule has 3 N–H and O–H groups in total. The standard InChI is InChI=1S/C19H23N3O3/c1-14-4-10-18(11-5-14)25-13-3-12-20-19(24)22-17-8-6-16(7-9-17)21-15(2)23/h4-11H,3,12-13H2,1-2H3,(H,21,23)(H2,20,22,24). The summed E-state index contributed by atoms with van der Waals surface area (Å²) in [5, 5.41) is 8.18. The Balaban J connectivity index is 1.63. The number of ether oxygens (including phenoxy) is 1. The fourth-order valence-electron chi connectivity index (χ4n) is 2.11. The molecule has 0 fully saturated rings. The molecule has 3 amide bonds. The van der Waals surface area contributed by atoms with E-state index in [4.69, 9.17) is 4.74 Å². The third kappa shape index (κ3) is 6.95. The van der Waals surface area contributed by atoms with E-state index in [2.05, 4.69) is 16.0 Å². The number of urea groups is 1. The van der Waals surface area contributed by atoms with Gasteiger partial charge in [-0.15, -0.1) is 0 Å². The van der Waals surface area contributed by atoms with Crippen molar-refractivity contribution >= 4 is 23.3 Å². The molecule has 0 aliphatic rings. The lowest BCUT2D eigenvalue weighted by Crippen LogP contribution is -2.30. The lowest BCUT2D eigenvalue weighted by Gasteiger charge is -2.09. The molecule has 2 rings (SSSR count). The predicted molar refractivity (Wildman–Crippen MR) is 99.1 cm³/mol. The van der Waals surface area contributed by atoms with Gasteiger partial charge < -0.3 is 20.7 Å². The largest absolute Gasteiger partial charge is 0.494 e. The molecule has 0 heterocycles. The summed E-state index contributed by atoms with van der Waals surface area (Å²) in [7, 11) is 0. The van der Waals surface area contributed by atoms with E-state index in [0.29, 0.717) is 30.9 Å². The van der Waals surface area contributed by atoms with Crippen LogP contribution in [0.3, 0.4) is 0 Å². The number of hydrogen-bond acceptors (Lipinski definition) is 3. The summed E-state index contributed by atoms with van der Waals surface area (Å²) in [6.45, 7) is 4.53. The zero-order valence-corrected chi connectivity index (χ0v) is 14.5. The van der Waals surface area contributed by atoms with Crippen molar-refractivity contribution in [1.29, 1.82) is 0 Å². The van der Waals surface area contributed by atoms with Gasteiger partial charge in [0.05, 0.1) is 6.61 Å². The van der Waals surface area contributed by atoms with Crippen LogP contribution in [-0.2, 0) is 4.79 Å². The first-order chi connectivity index (χ1) is 12.0. The Hall–Kier alpha value is -3.02. The average Bonchev–Trinajstić information content (AvgIpc) is 2.57. The third-order valence-corrected chi connectivity index (χ3v) is 3.36. The Morgan fingerprint density at radius 2 is 1.52 bits per heavy atom. The van der Waals surface area contributed by atoms with E-state index in [9.17, 15) is 9.59 Å². The van der Waals surface area contributed by atoms with E-state index in [0.717, 1.165) is 5.75 Å².